The van der Waals surface area contributed by atoms with Crippen LogP contribution in [0.2, 0.25) is 5.02 Å². The molecule has 1 atom stereocenters. The number of halogens is 1. The van der Waals surface area contributed by atoms with E-state index in [1.54, 1.807) is 25.3 Å². The maximum absolute atomic E-state index is 12.8. The van der Waals surface area contributed by atoms with E-state index in [0.29, 0.717) is 37.0 Å². The molecule has 4 rings (SSSR count). The Kier molecular flexibility index (Phi) is 5.85. The van der Waals surface area contributed by atoms with Crippen molar-refractivity contribution in [1.82, 2.24) is 24.6 Å². The predicted molar refractivity (Wildman–Crippen MR) is 114 cm³/mol. The van der Waals surface area contributed by atoms with Gasteiger partial charge in [0.1, 0.15) is 11.6 Å². The van der Waals surface area contributed by atoms with E-state index < -0.39 is 6.10 Å². The van der Waals surface area contributed by atoms with Gasteiger partial charge in [-0.1, -0.05) is 23.7 Å². The van der Waals surface area contributed by atoms with E-state index in [0.717, 1.165) is 17.5 Å². The topological polar surface area (TPSA) is 76.4 Å². The van der Waals surface area contributed by atoms with Crippen molar-refractivity contribution < 1.29 is 9.53 Å². The Morgan fingerprint density at radius 1 is 1.07 bits per heavy atom. The summed E-state index contributed by atoms with van der Waals surface area (Å²) in [6.07, 6.45) is 2.99. The Morgan fingerprint density at radius 2 is 1.77 bits per heavy atom. The minimum absolute atomic E-state index is 0.0495. The van der Waals surface area contributed by atoms with Crippen LogP contribution >= 0.6 is 11.6 Å². The fourth-order valence-corrected chi connectivity index (χ4v) is 3.61. The first-order valence-electron chi connectivity index (χ1n) is 9.82. The van der Waals surface area contributed by atoms with E-state index in [1.165, 1.54) is 0 Å². The van der Waals surface area contributed by atoms with Gasteiger partial charge in [0, 0.05) is 38.6 Å². The Labute approximate surface area is 180 Å². The Hall–Kier alpha value is -3.13. The minimum Gasteiger partial charge on any atom is -0.479 e. The summed E-state index contributed by atoms with van der Waals surface area (Å²) in [5.74, 6) is 2.85. The van der Waals surface area contributed by atoms with Gasteiger partial charge >= 0.3 is 0 Å². The van der Waals surface area contributed by atoms with Crippen LogP contribution in [0.4, 0.5) is 5.82 Å². The molecular weight excluding hydrogens is 404 g/mol. The highest BCUT2D eigenvalue weighted by Crippen LogP contribution is 2.25. The lowest BCUT2D eigenvalue weighted by atomic mass is 10.2. The number of anilines is 1. The van der Waals surface area contributed by atoms with Gasteiger partial charge in [-0.2, -0.15) is 0 Å². The summed E-state index contributed by atoms with van der Waals surface area (Å²) >= 11 is 6.12. The molecule has 1 amide bonds. The molecule has 0 bridgehead atoms. The summed E-state index contributed by atoms with van der Waals surface area (Å²) in [6.45, 7) is 6.23. The summed E-state index contributed by atoms with van der Waals surface area (Å²) in [4.78, 5) is 20.9. The van der Waals surface area contributed by atoms with Crippen molar-refractivity contribution in [3.63, 3.8) is 0 Å². The first kappa shape index (κ1) is 20.2. The molecule has 1 aromatic carbocycles. The zero-order chi connectivity index (χ0) is 21.1. The van der Waals surface area contributed by atoms with E-state index >= 15 is 0 Å². The molecule has 30 heavy (non-hydrogen) atoms. The van der Waals surface area contributed by atoms with E-state index in [1.807, 2.05) is 46.9 Å². The van der Waals surface area contributed by atoms with Crippen LogP contribution in [0.1, 0.15) is 12.7 Å². The summed E-state index contributed by atoms with van der Waals surface area (Å²) in [7, 11) is 0. The maximum atomic E-state index is 12.8. The van der Waals surface area contributed by atoms with Crippen LogP contribution in [0.3, 0.4) is 0 Å². The van der Waals surface area contributed by atoms with E-state index in [4.69, 9.17) is 16.3 Å². The molecule has 1 aliphatic rings. The Bertz CT molecular complexity index is 1010. The van der Waals surface area contributed by atoms with Crippen molar-refractivity contribution in [2.24, 2.45) is 0 Å². The van der Waals surface area contributed by atoms with Crippen molar-refractivity contribution >= 4 is 23.3 Å². The lowest BCUT2D eigenvalue weighted by Gasteiger charge is -2.36. The number of carbonyl (C=O) groups excluding carboxylic acids is 1. The highest BCUT2D eigenvalue weighted by Gasteiger charge is 2.27. The van der Waals surface area contributed by atoms with E-state index in [9.17, 15) is 4.79 Å². The third kappa shape index (κ3) is 4.23. The van der Waals surface area contributed by atoms with E-state index in [-0.39, 0.29) is 5.91 Å². The zero-order valence-corrected chi connectivity index (χ0v) is 17.7. The maximum Gasteiger partial charge on any atom is 0.263 e. The van der Waals surface area contributed by atoms with Crippen molar-refractivity contribution in [1.29, 1.82) is 0 Å². The number of piperazine rings is 1. The molecule has 0 N–H and O–H groups in total. The SMILES string of the molecule is Cc1nccn1-c1ccc(N2CCN(C(=O)C(C)Oc3ccccc3Cl)CC2)nn1. The van der Waals surface area contributed by atoms with Gasteiger partial charge in [0.2, 0.25) is 0 Å². The molecule has 0 spiro atoms. The molecule has 1 fully saturated rings. The quantitative estimate of drug-likeness (QED) is 0.624. The summed E-state index contributed by atoms with van der Waals surface area (Å²) in [6, 6.07) is 11.0. The summed E-state index contributed by atoms with van der Waals surface area (Å²) in [5.41, 5.74) is 0. The molecule has 1 saturated heterocycles. The smallest absolute Gasteiger partial charge is 0.263 e. The number of hydrogen-bond donors (Lipinski definition) is 0. The number of hydrogen-bond acceptors (Lipinski definition) is 6. The van der Waals surface area contributed by atoms with Gasteiger partial charge in [-0.3, -0.25) is 9.36 Å². The van der Waals surface area contributed by atoms with Gasteiger partial charge in [0.05, 0.1) is 5.02 Å². The minimum atomic E-state index is -0.603. The van der Waals surface area contributed by atoms with Crippen molar-refractivity contribution in [2.75, 3.05) is 31.1 Å². The van der Waals surface area contributed by atoms with Crippen molar-refractivity contribution in [2.45, 2.75) is 20.0 Å². The van der Waals surface area contributed by atoms with Gasteiger partial charge in [-0.25, -0.2) is 4.98 Å². The van der Waals surface area contributed by atoms with Crippen LogP contribution < -0.4 is 9.64 Å². The number of carbonyl (C=O) groups is 1. The molecule has 3 heterocycles. The van der Waals surface area contributed by atoms with Crippen LogP contribution in [-0.2, 0) is 4.79 Å². The van der Waals surface area contributed by atoms with Gasteiger partial charge in [0.15, 0.2) is 17.7 Å². The molecule has 1 unspecified atom stereocenters. The molecule has 0 aliphatic carbocycles. The van der Waals surface area contributed by atoms with Crippen LogP contribution in [0.25, 0.3) is 5.82 Å². The second-order valence-electron chi connectivity index (χ2n) is 7.10. The van der Waals surface area contributed by atoms with E-state index in [2.05, 4.69) is 20.1 Å². The van der Waals surface area contributed by atoms with Crippen molar-refractivity contribution in [3.8, 4) is 11.6 Å². The van der Waals surface area contributed by atoms with Gasteiger partial charge < -0.3 is 14.5 Å². The molecule has 8 nitrogen and oxygen atoms in total. The van der Waals surface area contributed by atoms with Gasteiger partial charge in [-0.05, 0) is 38.1 Å². The lowest BCUT2D eigenvalue weighted by Crippen LogP contribution is -2.52. The largest absolute Gasteiger partial charge is 0.479 e. The summed E-state index contributed by atoms with van der Waals surface area (Å²) < 4.78 is 7.65. The number of para-hydroxylation sites is 1. The number of nitrogens with zero attached hydrogens (tertiary/aromatic N) is 6. The highest BCUT2D eigenvalue weighted by molar-refractivity contribution is 6.32. The zero-order valence-electron chi connectivity index (χ0n) is 16.9. The molecule has 2 aromatic heterocycles. The second-order valence-corrected chi connectivity index (χ2v) is 7.50. The molecule has 9 heteroatoms. The third-order valence-corrected chi connectivity index (χ3v) is 5.42. The molecule has 1 aliphatic heterocycles. The normalized spacial score (nSPS) is 15.2. The molecule has 3 aromatic rings. The number of aromatic nitrogens is 4. The predicted octanol–water partition coefficient (Wildman–Crippen LogP) is 2.74. The number of imidazole rings is 1. The van der Waals surface area contributed by atoms with Crippen molar-refractivity contribution in [3.05, 3.63) is 59.6 Å². The molecule has 0 saturated carbocycles. The standard InChI is InChI=1S/C21H23ClN6O2/c1-15(30-18-6-4-3-5-17(18)22)21(29)27-13-11-26(12-14-27)19-7-8-20(25-24-19)28-10-9-23-16(28)2/h3-10,15H,11-14H2,1-2H3. The molecule has 156 valence electrons. The Balaban J connectivity index is 1.34. The average Bonchev–Trinajstić information content (AvgIpc) is 3.21. The lowest BCUT2D eigenvalue weighted by molar-refractivity contribution is -0.138. The number of benzene rings is 1. The number of ether oxygens (including phenoxy) is 1. The molecular formula is C21H23ClN6O2. The fourth-order valence-electron chi connectivity index (χ4n) is 3.43. The van der Waals surface area contributed by atoms with Gasteiger partial charge in [-0.15, -0.1) is 10.2 Å². The van der Waals surface area contributed by atoms with Crippen LogP contribution in [0, 0.1) is 6.92 Å². The molecule has 0 radical (unpaired) electrons. The second kappa shape index (κ2) is 8.71. The first-order valence-corrected chi connectivity index (χ1v) is 10.2. The third-order valence-electron chi connectivity index (χ3n) is 5.11. The fraction of sp³-hybridized carbons (Fsp3) is 0.333. The van der Waals surface area contributed by atoms with Gasteiger partial charge in [0.25, 0.3) is 5.91 Å². The number of rotatable bonds is 5. The van der Waals surface area contributed by atoms with Crippen LogP contribution in [0.5, 0.6) is 5.75 Å². The highest BCUT2D eigenvalue weighted by atomic mass is 35.5. The first-order chi connectivity index (χ1) is 14.5. The monoisotopic (exact) mass is 426 g/mol. The van der Waals surface area contributed by atoms with Crippen LogP contribution in [-0.4, -0.2) is 62.8 Å². The van der Waals surface area contributed by atoms with Crippen LogP contribution in [0.15, 0.2) is 48.8 Å². The average molecular weight is 427 g/mol. The summed E-state index contributed by atoms with van der Waals surface area (Å²) in [5, 5.41) is 9.16. The Morgan fingerprint density at radius 3 is 2.40 bits per heavy atom. The number of aryl methyl sites for hydroxylation is 1. The number of amides is 1.